The van der Waals surface area contributed by atoms with E-state index >= 15 is 0 Å². The Kier molecular flexibility index (Phi) is 60.3. The van der Waals surface area contributed by atoms with Crippen molar-refractivity contribution in [2.45, 2.75) is 303 Å². The van der Waals surface area contributed by atoms with Crippen molar-refractivity contribution in [3.05, 3.63) is 109 Å². The third-order valence-electron chi connectivity index (χ3n) is 13.5. The number of ether oxygens (including phenoxy) is 3. The molecule has 0 aromatic carbocycles. The number of allylic oxidation sites excluding steroid dienone is 18. The van der Waals surface area contributed by atoms with Gasteiger partial charge in [0.2, 0.25) is 0 Å². The van der Waals surface area contributed by atoms with E-state index in [0.717, 1.165) is 89.9 Å². The Morgan fingerprint density at radius 2 is 0.539 bits per heavy atom. The second kappa shape index (κ2) is 63.6. The van der Waals surface area contributed by atoms with E-state index in [9.17, 15) is 14.4 Å². The summed E-state index contributed by atoms with van der Waals surface area (Å²) in [4.78, 5) is 37.9. The molecule has 0 rings (SSSR count). The van der Waals surface area contributed by atoms with Crippen LogP contribution in [0, 0.1) is 0 Å². The Morgan fingerprint density at radius 3 is 0.855 bits per heavy atom. The summed E-state index contributed by atoms with van der Waals surface area (Å²) in [6, 6.07) is 0. The quantitative estimate of drug-likeness (QED) is 0.0261. The number of rotatable bonds is 57. The van der Waals surface area contributed by atoms with Crippen LogP contribution < -0.4 is 0 Å². The maximum absolute atomic E-state index is 12.8. The predicted molar refractivity (Wildman–Crippen MR) is 330 cm³/mol. The van der Waals surface area contributed by atoms with Crippen LogP contribution in [0.25, 0.3) is 0 Å². The van der Waals surface area contributed by atoms with Crippen molar-refractivity contribution < 1.29 is 28.6 Å². The fourth-order valence-electron chi connectivity index (χ4n) is 8.77. The fourth-order valence-corrected chi connectivity index (χ4v) is 8.77. The van der Waals surface area contributed by atoms with E-state index in [1.54, 1.807) is 0 Å². The number of esters is 3. The average Bonchev–Trinajstić information content (AvgIpc) is 3.42. The van der Waals surface area contributed by atoms with Gasteiger partial charge in [-0.1, -0.05) is 291 Å². The Hall–Kier alpha value is -3.93. The van der Waals surface area contributed by atoms with E-state index in [-0.39, 0.29) is 31.6 Å². The lowest BCUT2D eigenvalue weighted by Gasteiger charge is -2.18. The maximum atomic E-state index is 12.8. The molecule has 434 valence electrons. The molecule has 0 bridgehead atoms. The SMILES string of the molecule is CC/C=C\C/C=C\C/C=C\C/C=C\C/C=C\C/C=C\CCC(=O)OC(COC(=O)CCCCCCCC)COC(=O)CCCCCCCCCCCCCCCCCCCC/C=C\C/C=C\C/C=C\CCCCCCC. The van der Waals surface area contributed by atoms with Gasteiger partial charge < -0.3 is 14.2 Å². The molecular formula is C70H118O6. The minimum absolute atomic E-state index is 0.107. The lowest BCUT2D eigenvalue weighted by Crippen LogP contribution is -2.30. The highest BCUT2D eigenvalue weighted by Gasteiger charge is 2.19. The smallest absolute Gasteiger partial charge is 0.306 e. The van der Waals surface area contributed by atoms with Crippen molar-refractivity contribution in [1.29, 1.82) is 0 Å². The second-order valence-electron chi connectivity index (χ2n) is 20.9. The summed E-state index contributed by atoms with van der Waals surface area (Å²) in [6.45, 7) is 6.40. The van der Waals surface area contributed by atoms with Gasteiger partial charge in [-0.3, -0.25) is 14.4 Å². The van der Waals surface area contributed by atoms with Crippen LogP contribution in [-0.2, 0) is 28.6 Å². The summed E-state index contributed by atoms with van der Waals surface area (Å²) in [5.41, 5.74) is 0. The molecule has 0 N–H and O–H groups in total. The molecule has 0 aliphatic carbocycles. The summed E-state index contributed by atoms with van der Waals surface area (Å²) in [7, 11) is 0. The molecule has 0 aromatic rings. The Balaban J connectivity index is 4.08. The molecule has 0 aliphatic heterocycles. The van der Waals surface area contributed by atoms with E-state index in [2.05, 4.69) is 118 Å². The van der Waals surface area contributed by atoms with Crippen molar-refractivity contribution in [2.75, 3.05) is 13.2 Å². The first kappa shape index (κ1) is 72.1. The fraction of sp³-hybridized carbons (Fsp3) is 0.700. The lowest BCUT2D eigenvalue weighted by atomic mass is 10.0. The predicted octanol–water partition coefficient (Wildman–Crippen LogP) is 21.8. The monoisotopic (exact) mass is 1050 g/mol. The number of carbonyl (C=O) groups is 3. The van der Waals surface area contributed by atoms with Crippen molar-refractivity contribution in [1.82, 2.24) is 0 Å². The zero-order chi connectivity index (χ0) is 55.0. The third kappa shape index (κ3) is 60.9. The molecule has 6 nitrogen and oxygen atoms in total. The summed E-state index contributed by atoms with van der Waals surface area (Å²) in [5.74, 6) is -0.998. The summed E-state index contributed by atoms with van der Waals surface area (Å²) in [5, 5.41) is 0. The van der Waals surface area contributed by atoms with Gasteiger partial charge in [-0.15, -0.1) is 0 Å². The molecule has 0 saturated heterocycles. The Labute approximate surface area is 470 Å². The average molecular weight is 1060 g/mol. The first-order valence-electron chi connectivity index (χ1n) is 31.9. The topological polar surface area (TPSA) is 78.9 Å². The molecule has 0 aromatic heterocycles. The van der Waals surface area contributed by atoms with E-state index in [0.29, 0.717) is 19.3 Å². The molecule has 76 heavy (non-hydrogen) atoms. The van der Waals surface area contributed by atoms with Gasteiger partial charge >= 0.3 is 17.9 Å². The molecule has 0 aliphatic rings. The second-order valence-corrected chi connectivity index (χ2v) is 20.9. The van der Waals surface area contributed by atoms with Gasteiger partial charge in [-0.2, -0.15) is 0 Å². The largest absolute Gasteiger partial charge is 0.462 e. The molecular weight excluding hydrogens is 937 g/mol. The highest BCUT2D eigenvalue weighted by atomic mass is 16.6. The van der Waals surface area contributed by atoms with Crippen molar-refractivity contribution in [3.63, 3.8) is 0 Å². The molecule has 1 unspecified atom stereocenters. The standard InChI is InChI=1S/C70H118O6/c1-4-7-10-13-16-18-20-22-24-26-28-29-30-31-32-33-34-35-36-37-38-39-40-41-43-44-46-48-50-52-54-57-60-63-69(72)75-66-67(65-74-68(71)62-59-56-15-12-9-6-3)76-70(73)64-61-58-55-53-51-49-47-45-42-27-25-23-21-19-17-14-11-8-5-2/h8,11,17,19-20,22-23,25-26,28,30-31,42,45,49,51,55,58,67H,4-7,9-10,12-16,18,21,24,27,29,32-41,43-44,46-48,50,52-54,56-57,59-66H2,1-3H3/b11-8-,19-17-,22-20-,25-23-,28-26-,31-30-,45-42-,51-49-,58-55-. The Morgan fingerprint density at radius 1 is 0.276 bits per heavy atom. The molecule has 0 fully saturated rings. The summed E-state index contributed by atoms with van der Waals surface area (Å²) < 4.78 is 16.7. The normalized spacial score (nSPS) is 12.8. The van der Waals surface area contributed by atoms with Crippen molar-refractivity contribution in [2.24, 2.45) is 0 Å². The third-order valence-corrected chi connectivity index (χ3v) is 13.5. The molecule has 0 heterocycles. The summed E-state index contributed by atoms with van der Waals surface area (Å²) >= 11 is 0. The minimum atomic E-state index is -0.815. The van der Waals surface area contributed by atoms with E-state index in [4.69, 9.17) is 14.2 Å². The summed E-state index contributed by atoms with van der Waals surface area (Å²) in [6.07, 6.45) is 87.3. The minimum Gasteiger partial charge on any atom is -0.462 e. The van der Waals surface area contributed by atoms with Gasteiger partial charge in [0.25, 0.3) is 0 Å². The molecule has 1 atom stereocenters. The lowest BCUT2D eigenvalue weighted by molar-refractivity contribution is -0.166. The van der Waals surface area contributed by atoms with E-state index in [1.165, 1.54) is 161 Å². The highest BCUT2D eigenvalue weighted by Crippen LogP contribution is 2.16. The maximum Gasteiger partial charge on any atom is 0.306 e. The van der Waals surface area contributed by atoms with Gasteiger partial charge in [0.15, 0.2) is 6.10 Å². The van der Waals surface area contributed by atoms with Crippen LogP contribution in [0.2, 0.25) is 0 Å². The van der Waals surface area contributed by atoms with Crippen LogP contribution >= 0.6 is 0 Å². The molecule has 0 radical (unpaired) electrons. The first-order valence-corrected chi connectivity index (χ1v) is 31.9. The number of unbranched alkanes of at least 4 members (excludes halogenated alkanes) is 28. The highest BCUT2D eigenvalue weighted by molar-refractivity contribution is 5.71. The van der Waals surface area contributed by atoms with Crippen molar-refractivity contribution in [3.8, 4) is 0 Å². The van der Waals surface area contributed by atoms with Crippen LogP contribution in [0.4, 0.5) is 0 Å². The molecule has 0 saturated carbocycles. The number of hydrogen-bond donors (Lipinski definition) is 0. The van der Waals surface area contributed by atoms with Crippen LogP contribution in [0.1, 0.15) is 297 Å². The Bertz CT molecular complexity index is 1540. The van der Waals surface area contributed by atoms with Crippen LogP contribution in [0.5, 0.6) is 0 Å². The first-order chi connectivity index (χ1) is 37.5. The molecule has 0 amide bonds. The van der Waals surface area contributed by atoms with Crippen molar-refractivity contribution >= 4 is 17.9 Å². The van der Waals surface area contributed by atoms with Gasteiger partial charge in [-0.25, -0.2) is 0 Å². The zero-order valence-corrected chi connectivity index (χ0v) is 49.7. The number of hydrogen-bond acceptors (Lipinski definition) is 6. The number of carbonyl (C=O) groups excluding carboxylic acids is 3. The van der Waals surface area contributed by atoms with Gasteiger partial charge in [0.05, 0.1) is 0 Å². The van der Waals surface area contributed by atoms with E-state index in [1.807, 2.05) is 12.2 Å². The van der Waals surface area contributed by atoms with Crippen LogP contribution in [0.3, 0.4) is 0 Å². The molecule has 0 spiro atoms. The van der Waals surface area contributed by atoms with Gasteiger partial charge in [-0.05, 0) is 96.3 Å². The zero-order valence-electron chi connectivity index (χ0n) is 49.7. The van der Waals surface area contributed by atoms with Crippen LogP contribution in [-0.4, -0.2) is 37.2 Å². The van der Waals surface area contributed by atoms with Gasteiger partial charge in [0, 0.05) is 19.3 Å². The van der Waals surface area contributed by atoms with Gasteiger partial charge in [0.1, 0.15) is 13.2 Å². The van der Waals surface area contributed by atoms with Crippen LogP contribution in [0.15, 0.2) is 109 Å². The molecule has 6 heteroatoms. The van der Waals surface area contributed by atoms with E-state index < -0.39 is 12.1 Å².